The Balaban J connectivity index is 2.00. The van der Waals surface area contributed by atoms with E-state index in [-0.39, 0.29) is 6.03 Å². The molecule has 1 heterocycles. The van der Waals surface area contributed by atoms with Gasteiger partial charge in [-0.15, -0.1) is 0 Å². The maximum Gasteiger partial charge on any atom is 0.321 e. The number of aliphatic hydroxyl groups excluding tert-OH is 2. The van der Waals surface area contributed by atoms with Gasteiger partial charge < -0.3 is 20.4 Å². The van der Waals surface area contributed by atoms with E-state index in [4.69, 9.17) is 0 Å². The van der Waals surface area contributed by atoms with Gasteiger partial charge in [-0.05, 0) is 31.0 Å². The minimum atomic E-state index is -0.560. The molecule has 2 atom stereocenters. The number of benzene rings is 1. The van der Waals surface area contributed by atoms with Crippen LogP contribution in [0.5, 0.6) is 0 Å². The van der Waals surface area contributed by atoms with E-state index in [9.17, 15) is 15.0 Å². The molecule has 1 aliphatic rings. The molecule has 1 fully saturated rings. The van der Waals surface area contributed by atoms with Gasteiger partial charge in [0.1, 0.15) is 0 Å². The number of nitrogens with zero attached hydrogens (tertiary/aromatic N) is 1. The number of β-amino-alcohol motifs (C(OH)–C–C–N with tert-alkyl or cyclic N) is 1. The van der Waals surface area contributed by atoms with E-state index >= 15 is 0 Å². The zero-order valence-electron chi connectivity index (χ0n) is 10.3. The number of urea groups is 1. The Morgan fingerprint density at radius 1 is 1.56 bits per heavy atom. The largest absolute Gasteiger partial charge is 0.391 e. The fourth-order valence-corrected chi connectivity index (χ4v) is 2.01. The molecule has 1 aromatic carbocycles. The molecular formula is C13H18N2O3. The summed E-state index contributed by atoms with van der Waals surface area (Å²) in [5.74, 6) is 0. The molecule has 2 unspecified atom stereocenters. The summed E-state index contributed by atoms with van der Waals surface area (Å²) in [6.07, 6.45) is -0.351. The third-order valence-corrected chi connectivity index (χ3v) is 3.07. The molecule has 1 saturated heterocycles. The Morgan fingerprint density at radius 2 is 2.33 bits per heavy atom. The summed E-state index contributed by atoms with van der Waals surface area (Å²) in [6, 6.07) is 6.90. The van der Waals surface area contributed by atoms with Crippen molar-refractivity contribution < 1.29 is 15.0 Å². The Kier molecular flexibility index (Phi) is 3.84. The molecule has 0 bridgehead atoms. The molecule has 98 valence electrons. The number of nitrogens with one attached hydrogen (secondary N) is 1. The number of hydrogen-bond acceptors (Lipinski definition) is 3. The standard InChI is InChI=1S/C13H18N2O3/c1-9(16)10-3-2-4-11(7-10)14-13(18)15-6-5-12(17)8-15/h2-4,7,9,12,16-17H,5-6,8H2,1H3,(H,14,18). The first kappa shape index (κ1) is 12.9. The highest BCUT2D eigenvalue weighted by Crippen LogP contribution is 2.18. The van der Waals surface area contributed by atoms with Crippen molar-refractivity contribution in [2.45, 2.75) is 25.6 Å². The fourth-order valence-electron chi connectivity index (χ4n) is 2.01. The van der Waals surface area contributed by atoms with Crippen molar-refractivity contribution >= 4 is 11.7 Å². The van der Waals surface area contributed by atoms with Gasteiger partial charge in [0, 0.05) is 18.8 Å². The third kappa shape index (κ3) is 3.00. The van der Waals surface area contributed by atoms with Crippen LogP contribution in [-0.2, 0) is 0 Å². The Labute approximate surface area is 106 Å². The highest BCUT2D eigenvalue weighted by atomic mass is 16.3. The molecule has 0 spiro atoms. The summed E-state index contributed by atoms with van der Waals surface area (Å²) < 4.78 is 0. The van der Waals surface area contributed by atoms with Crippen molar-refractivity contribution in [2.75, 3.05) is 18.4 Å². The number of anilines is 1. The first-order valence-corrected chi connectivity index (χ1v) is 6.08. The van der Waals surface area contributed by atoms with Gasteiger partial charge >= 0.3 is 6.03 Å². The maximum atomic E-state index is 11.9. The average Bonchev–Trinajstić information content (AvgIpc) is 2.76. The second-order valence-corrected chi connectivity index (χ2v) is 4.62. The highest BCUT2D eigenvalue weighted by Gasteiger charge is 2.24. The van der Waals surface area contributed by atoms with E-state index in [2.05, 4.69) is 5.32 Å². The summed E-state index contributed by atoms with van der Waals surface area (Å²) in [4.78, 5) is 13.5. The monoisotopic (exact) mass is 250 g/mol. The lowest BCUT2D eigenvalue weighted by Gasteiger charge is -2.17. The van der Waals surface area contributed by atoms with Gasteiger partial charge in [-0.1, -0.05) is 12.1 Å². The van der Waals surface area contributed by atoms with Crippen LogP contribution in [0.2, 0.25) is 0 Å². The summed E-state index contributed by atoms with van der Waals surface area (Å²) in [6.45, 7) is 2.63. The molecule has 18 heavy (non-hydrogen) atoms. The Bertz CT molecular complexity index is 434. The van der Waals surface area contributed by atoms with Crippen molar-refractivity contribution in [3.63, 3.8) is 0 Å². The van der Waals surface area contributed by atoms with Gasteiger partial charge in [0.2, 0.25) is 0 Å². The van der Waals surface area contributed by atoms with Crippen LogP contribution >= 0.6 is 0 Å². The van der Waals surface area contributed by atoms with E-state index in [0.717, 1.165) is 5.56 Å². The van der Waals surface area contributed by atoms with Gasteiger partial charge in [-0.3, -0.25) is 0 Å². The SMILES string of the molecule is CC(O)c1cccc(NC(=O)N2CCC(O)C2)c1. The minimum absolute atomic E-state index is 0.214. The quantitative estimate of drug-likeness (QED) is 0.741. The number of aliphatic hydroxyl groups is 2. The summed E-state index contributed by atoms with van der Waals surface area (Å²) in [7, 11) is 0. The second-order valence-electron chi connectivity index (χ2n) is 4.62. The van der Waals surface area contributed by atoms with Crippen LogP contribution in [0.1, 0.15) is 25.0 Å². The molecule has 0 aliphatic carbocycles. The fraction of sp³-hybridized carbons (Fsp3) is 0.462. The van der Waals surface area contributed by atoms with Crippen LogP contribution in [-0.4, -0.2) is 40.3 Å². The summed E-state index contributed by atoms with van der Waals surface area (Å²) >= 11 is 0. The first-order chi connectivity index (χ1) is 8.56. The first-order valence-electron chi connectivity index (χ1n) is 6.08. The van der Waals surface area contributed by atoms with Crippen LogP contribution in [0.3, 0.4) is 0 Å². The van der Waals surface area contributed by atoms with Crippen LogP contribution in [0.4, 0.5) is 10.5 Å². The molecule has 0 radical (unpaired) electrons. The zero-order valence-corrected chi connectivity index (χ0v) is 10.3. The number of carbonyl (C=O) groups excluding carboxylic acids is 1. The topological polar surface area (TPSA) is 72.8 Å². The maximum absolute atomic E-state index is 11.9. The van der Waals surface area contributed by atoms with Crippen LogP contribution in [0.15, 0.2) is 24.3 Å². The molecule has 0 aromatic heterocycles. The summed E-state index contributed by atoms with van der Waals surface area (Å²) in [5, 5.41) is 21.6. The van der Waals surface area contributed by atoms with Gasteiger partial charge in [-0.25, -0.2) is 4.79 Å². The van der Waals surface area contributed by atoms with Gasteiger partial charge in [0.15, 0.2) is 0 Å². The van der Waals surface area contributed by atoms with Crippen molar-refractivity contribution in [2.24, 2.45) is 0 Å². The second kappa shape index (κ2) is 5.37. The smallest absolute Gasteiger partial charge is 0.321 e. The molecule has 0 saturated carbocycles. The predicted octanol–water partition coefficient (Wildman–Crippen LogP) is 1.34. The van der Waals surface area contributed by atoms with Gasteiger partial charge in [0.05, 0.1) is 12.2 Å². The molecule has 2 amide bonds. The lowest BCUT2D eigenvalue weighted by molar-refractivity contribution is 0.176. The van der Waals surface area contributed by atoms with E-state index in [0.29, 0.717) is 25.2 Å². The van der Waals surface area contributed by atoms with Crippen molar-refractivity contribution in [3.8, 4) is 0 Å². The lowest BCUT2D eigenvalue weighted by atomic mass is 10.1. The van der Waals surface area contributed by atoms with E-state index in [1.54, 1.807) is 36.1 Å². The Morgan fingerprint density at radius 3 is 2.94 bits per heavy atom. The summed E-state index contributed by atoms with van der Waals surface area (Å²) in [5.41, 5.74) is 1.41. The number of amides is 2. The van der Waals surface area contributed by atoms with Crippen molar-refractivity contribution in [3.05, 3.63) is 29.8 Å². The Hall–Kier alpha value is -1.59. The number of carbonyl (C=O) groups is 1. The number of rotatable bonds is 2. The predicted molar refractivity (Wildman–Crippen MR) is 68.3 cm³/mol. The van der Waals surface area contributed by atoms with Crippen LogP contribution in [0.25, 0.3) is 0 Å². The molecule has 1 aliphatic heterocycles. The van der Waals surface area contributed by atoms with Gasteiger partial charge in [0.25, 0.3) is 0 Å². The normalized spacial score (nSPS) is 20.8. The molecule has 3 N–H and O–H groups in total. The van der Waals surface area contributed by atoms with Crippen LogP contribution in [0, 0.1) is 0 Å². The molecule has 1 aromatic rings. The lowest BCUT2D eigenvalue weighted by Crippen LogP contribution is -2.33. The van der Waals surface area contributed by atoms with E-state index in [1.165, 1.54) is 0 Å². The van der Waals surface area contributed by atoms with Crippen molar-refractivity contribution in [1.29, 1.82) is 0 Å². The molecule has 5 heteroatoms. The van der Waals surface area contributed by atoms with Crippen LogP contribution < -0.4 is 5.32 Å². The highest BCUT2D eigenvalue weighted by molar-refractivity contribution is 5.89. The number of hydrogen-bond donors (Lipinski definition) is 3. The third-order valence-electron chi connectivity index (χ3n) is 3.07. The number of likely N-dealkylation sites (tertiary alicyclic amines) is 1. The molecule has 2 rings (SSSR count). The minimum Gasteiger partial charge on any atom is -0.391 e. The van der Waals surface area contributed by atoms with Crippen molar-refractivity contribution in [1.82, 2.24) is 4.90 Å². The van der Waals surface area contributed by atoms with Gasteiger partial charge in [-0.2, -0.15) is 0 Å². The average molecular weight is 250 g/mol. The molecular weight excluding hydrogens is 232 g/mol. The van der Waals surface area contributed by atoms with E-state index in [1.807, 2.05) is 0 Å². The van der Waals surface area contributed by atoms with E-state index < -0.39 is 12.2 Å². The zero-order chi connectivity index (χ0) is 13.1. The molecule has 5 nitrogen and oxygen atoms in total.